The molecule has 0 unspecified atom stereocenters. The fourth-order valence-corrected chi connectivity index (χ4v) is 6.21. The lowest BCUT2D eigenvalue weighted by molar-refractivity contribution is -0.129. The molecule has 5 nitrogen and oxygen atoms in total. The molecule has 1 saturated carbocycles. The average Bonchev–Trinajstić information content (AvgIpc) is 3.17. The average molecular weight is 401 g/mol. The number of nitrogens with one attached hydrogen (secondary N) is 1. The number of hydrogen-bond acceptors (Lipinski definition) is 4. The van der Waals surface area contributed by atoms with Gasteiger partial charge in [0.05, 0.1) is 29.4 Å². The van der Waals surface area contributed by atoms with Gasteiger partial charge >= 0.3 is 0 Å². The minimum absolute atomic E-state index is 0.156. The number of ether oxygens (including phenoxy) is 1. The van der Waals surface area contributed by atoms with Crippen LogP contribution in [0, 0.1) is 11.8 Å². The van der Waals surface area contributed by atoms with E-state index >= 15 is 0 Å². The Hall–Kier alpha value is -1.53. The van der Waals surface area contributed by atoms with E-state index in [4.69, 9.17) is 4.74 Å². The smallest absolute Gasteiger partial charge is 0.232 e. The van der Waals surface area contributed by atoms with Crippen LogP contribution in [-0.2, 0) is 19.7 Å². The van der Waals surface area contributed by atoms with Crippen LogP contribution in [0.1, 0.15) is 31.2 Å². The lowest BCUT2D eigenvalue weighted by atomic mass is 9.73. The Labute approximate surface area is 170 Å². The Balaban J connectivity index is 1.25. The molecular formula is C22H28N2O3S. The van der Waals surface area contributed by atoms with Crippen LogP contribution >= 0.6 is 11.8 Å². The first-order valence-corrected chi connectivity index (χ1v) is 11.8. The largest absolute Gasteiger partial charge is 0.369 e. The number of fused-ring (bicyclic) bond motifs is 1. The van der Waals surface area contributed by atoms with E-state index in [9.17, 15) is 9.59 Å². The molecule has 4 fully saturated rings. The molecule has 2 bridgehead atoms. The van der Waals surface area contributed by atoms with Gasteiger partial charge in [-0.25, -0.2) is 0 Å². The van der Waals surface area contributed by atoms with Crippen LogP contribution in [0.2, 0.25) is 0 Å². The second-order valence-electron chi connectivity index (χ2n) is 8.90. The van der Waals surface area contributed by atoms with Crippen LogP contribution in [0.3, 0.4) is 0 Å². The third-order valence-electron chi connectivity index (χ3n) is 7.41. The minimum atomic E-state index is -0.326. The summed E-state index contributed by atoms with van der Waals surface area (Å²) in [5, 5.41) is 3.26. The molecule has 1 aromatic rings. The molecule has 1 N–H and O–H groups in total. The highest BCUT2D eigenvalue weighted by atomic mass is 32.2. The van der Waals surface area contributed by atoms with Crippen LogP contribution in [0.15, 0.2) is 30.3 Å². The Bertz CT molecular complexity index is 781. The van der Waals surface area contributed by atoms with Gasteiger partial charge in [-0.1, -0.05) is 30.3 Å². The molecule has 6 heteroatoms. The first-order valence-electron chi connectivity index (χ1n) is 10.4. The van der Waals surface area contributed by atoms with Gasteiger partial charge in [-0.3, -0.25) is 9.59 Å². The van der Waals surface area contributed by atoms with E-state index in [0.717, 1.165) is 44.3 Å². The fourth-order valence-electron chi connectivity index (χ4n) is 5.78. The number of hydrogen-bond donors (Lipinski definition) is 1. The van der Waals surface area contributed by atoms with Crippen LogP contribution < -0.4 is 5.32 Å². The summed E-state index contributed by atoms with van der Waals surface area (Å²) in [6.45, 7) is 2.17. The summed E-state index contributed by atoms with van der Waals surface area (Å²) in [6, 6.07) is 10.1. The number of amides is 2. The highest BCUT2D eigenvalue weighted by Crippen LogP contribution is 2.55. The Morgan fingerprint density at radius 1 is 1.25 bits per heavy atom. The van der Waals surface area contributed by atoms with E-state index < -0.39 is 0 Å². The molecule has 1 aromatic carbocycles. The summed E-state index contributed by atoms with van der Waals surface area (Å²) in [6.07, 6.45) is 6.15. The zero-order valence-corrected chi connectivity index (χ0v) is 17.2. The van der Waals surface area contributed by atoms with Gasteiger partial charge < -0.3 is 15.0 Å². The highest BCUT2D eigenvalue weighted by Gasteiger charge is 2.63. The topological polar surface area (TPSA) is 58.6 Å². The third kappa shape index (κ3) is 2.79. The van der Waals surface area contributed by atoms with E-state index in [-0.39, 0.29) is 28.9 Å². The van der Waals surface area contributed by atoms with Crippen LogP contribution in [0.5, 0.6) is 0 Å². The normalized spacial score (nSPS) is 34.3. The molecule has 0 aromatic heterocycles. The third-order valence-corrected chi connectivity index (χ3v) is 7.95. The minimum Gasteiger partial charge on any atom is -0.369 e. The number of likely N-dealkylation sites (tertiary alicyclic amines) is 1. The van der Waals surface area contributed by atoms with Gasteiger partial charge in [0.25, 0.3) is 0 Å². The molecule has 150 valence electrons. The lowest BCUT2D eigenvalue weighted by Gasteiger charge is -2.29. The summed E-state index contributed by atoms with van der Waals surface area (Å²) in [7, 11) is 0. The van der Waals surface area contributed by atoms with Crippen molar-refractivity contribution in [2.24, 2.45) is 11.8 Å². The second-order valence-corrected chi connectivity index (χ2v) is 9.76. The maximum Gasteiger partial charge on any atom is 0.232 e. The van der Waals surface area contributed by atoms with Crippen molar-refractivity contribution in [2.45, 2.75) is 42.8 Å². The molecule has 3 heterocycles. The second kappa shape index (κ2) is 6.77. The number of carbonyl (C=O) groups excluding carboxylic acids is 2. The fraction of sp³-hybridized carbons (Fsp3) is 0.636. The lowest BCUT2D eigenvalue weighted by Crippen LogP contribution is -2.44. The Kier molecular flexibility index (Phi) is 4.47. The Morgan fingerprint density at radius 3 is 2.75 bits per heavy atom. The molecule has 28 heavy (non-hydrogen) atoms. The number of carbonyl (C=O) groups is 2. The van der Waals surface area contributed by atoms with Crippen LogP contribution in [0.4, 0.5) is 0 Å². The molecule has 4 atom stereocenters. The van der Waals surface area contributed by atoms with Gasteiger partial charge in [0.2, 0.25) is 11.8 Å². The van der Waals surface area contributed by atoms with Crippen molar-refractivity contribution in [3.8, 4) is 0 Å². The molecular weight excluding hydrogens is 372 g/mol. The van der Waals surface area contributed by atoms with Crippen molar-refractivity contribution in [3.05, 3.63) is 35.9 Å². The van der Waals surface area contributed by atoms with Crippen LogP contribution in [0.25, 0.3) is 0 Å². The molecule has 4 aliphatic rings. The molecule has 3 aliphatic heterocycles. The predicted octanol–water partition coefficient (Wildman–Crippen LogP) is 2.20. The van der Waals surface area contributed by atoms with Crippen molar-refractivity contribution in [1.82, 2.24) is 10.2 Å². The van der Waals surface area contributed by atoms with E-state index in [1.807, 2.05) is 29.4 Å². The zero-order chi connectivity index (χ0) is 19.4. The van der Waals surface area contributed by atoms with Crippen molar-refractivity contribution in [2.75, 3.05) is 31.6 Å². The molecule has 5 rings (SSSR count). The summed E-state index contributed by atoms with van der Waals surface area (Å²) in [4.78, 5) is 27.4. The van der Waals surface area contributed by atoms with Crippen LogP contribution in [-0.4, -0.2) is 60.1 Å². The van der Waals surface area contributed by atoms with Crippen molar-refractivity contribution >= 4 is 23.6 Å². The van der Waals surface area contributed by atoms with Gasteiger partial charge in [-0.2, -0.15) is 11.8 Å². The van der Waals surface area contributed by atoms with Gasteiger partial charge in [0.1, 0.15) is 0 Å². The van der Waals surface area contributed by atoms with E-state index in [2.05, 4.69) is 17.4 Å². The monoisotopic (exact) mass is 400 g/mol. The molecule has 1 spiro atoms. The predicted molar refractivity (Wildman–Crippen MR) is 109 cm³/mol. The summed E-state index contributed by atoms with van der Waals surface area (Å²) < 4.78 is 6.42. The highest BCUT2D eigenvalue weighted by molar-refractivity contribution is 7.99. The number of benzene rings is 1. The zero-order valence-electron chi connectivity index (χ0n) is 16.4. The summed E-state index contributed by atoms with van der Waals surface area (Å²) in [5.74, 6) is 1.57. The molecule has 0 radical (unpaired) electrons. The van der Waals surface area contributed by atoms with Crippen molar-refractivity contribution in [3.63, 3.8) is 0 Å². The number of nitrogens with zero attached hydrogens (tertiary/aromatic N) is 1. The maximum atomic E-state index is 13.0. The first kappa shape index (κ1) is 18.5. The first-order chi connectivity index (χ1) is 13.6. The SMILES string of the molecule is CSCC(=O)N1C[C@@H]2[C@H](CNC(=O)C3(c4ccccc4)CC3)[C@H]3CC[C@]2(C1)O3. The standard InChI is InChI=1S/C22H28N2O3S/c1-28-13-19(25)24-12-17-16(18-7-8-22(17,14-24)27-18)11-23-20(26)21(9-10-21)15-5-3-2-4-6-15/h2-6,16-18H,7-14H2,1H3,(H,23,26)/t16-,17+,18+,22+/m0/s1. The van der Waals surface area contributed by atoms with E-state index in [1.165, 1.54) is 0 Å². The maximum absolute atomic E-state index is 13.0. The Morgan fingerprint density at radius 2 is 2.04 bits per heavy atom. The van der Waals surface area contributed by atoms with Gasteiger partial charge in [-0.15, -0.1) is 0 Å². The summed E-state index contributed by atoms with van der Waals surface area (Å²) in [5.41, 5.74) is 0.640. The van der Waals surface area contributed by atoms with Gasteiger partial charge in [0, 0.05) is 24.9 Å². The van der Waals surface area contributed by atoms with E-state index in [1.54, 1.807) is 11.8 Å². The quantitative estimate of drug-likeness (QED) is 0.795. The van der Waals surface area contributed by atoms with E-state index in [0.29, 0.717) is 24.1 Å². The van der Waals surface area contributed by atoms with Gasteiger partial charge in [0.15, 0.2) is 0 Å². The molecule has 2 amide bonds. The molecule has 1 aliphatic carbocycles. The van der Waals surface area contributed by atoms with Gasteiger partial charge in [-0.05, 0) is 37.5 Å². The number of rotatable bonds is 6. The van der Waals surface area contributed by atoms with Crippen molar-refractivity contribution < 1.29 is 14.3 Å². The number of thioether (sulfide) groups is 1. The molecule has 3 saturated heterocycles. The van der Waals surface area contributed by atoms with Crippen molar-refractivity contribution in [1.29, 1.82) is 0 Å². The summed E-state index contributed by atoms with van der Waals surface area (Å²) >= 11 is 1.58.